The predicted octanol–water partition coefficient (Wildman–Crippen LogP) is -3.22. The Morgan fingerprint density at radius 1 is 0.789 bits per heavy atom. The number of carbonyl (C=O) groups is 9. The zero-order valence-electron chi connectivity index (χ0n) is 42.1. The van der Waals surface area contributed by atoms with Gasteiger partial charge in [-0.1, -0.05) is 48.0 Å². The number of fused-ring (bicyclic) bond motifs is 2. The van der Waals surface area contributed by atoms with Crippen LogP contribution in [0.4, 0.5) is 0 Å². The molecule has 3 aromatic rings. The Balaban J connectivity index is 1.54. The summed E-state index contributed by atoms with van der Waals surface area (Å²) in [6.07, 6.45) is -0.576. The van der Waals surface area contributed by atoms with E-state index in [1.54, 1.807) is 36.5 Å². The first-order valence-electron chi connectivity index (χ1n) is 24.9. The Morgan fingerprint density at radius 3 is 2.09 bits per heavy atom. The largest absolute Gasteiger partial charge is 0.391 e. The lowest BCUT2D eigenvalue weighted by Gasteiger charge is -2.31. The van der Waals surface area contributed by atoms with Crippen LogP contribution in [0.1, 0.15) is 75.8 Å². The van der Waals surface area contributed by atoms with Crippen LogP contribution in [0.2, 0.25) is 5.02 Å². The van der Waals surface area contributed by atoms with Gasteiger partial charge in [0.15, 0.2) is 11.9 Å². The summed E-state index contributed by atoms with van der Waals surface area (Å²) in [5.41, 5.74) is 29.6. The number of rotatable bonds is 16. The van der Waals surface area contributed by atoms with Gasteiger partial charge in [-0.25, -0.2) is 0 Å². The van der Waals surface area contributed by atoms with Gasteiger partial charge in [0.05, 0.1) is 6.10 Å². The van der Waals surface area contributed by atoms with E-state index in [0.29, 0.717) is 11.1 Å². The van der Waals surface area contributed by atoms with E-state index in [2.05, 4.69) is 52.2 Å². The number of nitrogens with one attached hydrogen (secondary N) is 8. The Kier molecular flexibility index (Phi) is 22.2. The van der Waals surface area contributed by atoms with Crippen molar-refractivity contribution in [3.05, 3.63) is 70.9 Å². The molecule has 412 valence electrons. The highest BCUT2D eigenvalue weighted by molar-refractivity contribution is 6.31. The summed E-state index contributed by atoms with van der Waals surface area (Å²) in [6.45, 7) is 0.910. The summed E-state index contributed by atoms with van der Waals surface area (Å²) >= 11 is 6.58. The summed E-state index contributed by atoms with van der Waals surface area (Å²) in [5, 5.41) is 30.7. The van der Waals surface area contributed by atoms with Crippen LogP contribution >= 0.6 is 11.6 Å². The molecule has 5 rings (SSSR count). The lowest BCUT2D eigenvalue weighted by molar-refractivity contribution is -0.143. The van der Waals surface area contributed by atoms with Gasteiger partial charge >= 0.3 is 0 Å². The molecule has 2 aliphatic rings. The third-order valence-corrected chi connectivity index (χ3v) is 13.1. The number of para-hydroxylation sites is 1. The van der Waals surface area contributed by atoms with Crippen molar-refractivity contribution < 1.29 is 48.3 Å². The van der Waals surface area contributed by atoms with E-state index in [4.69, 9.17) is 40.3 Å². The predicted molar refractivity (Wildman–Crippen MR) is 281 cm³/mol. The Labute approximate surface area is 443 Å². The zero-order chi connectivity index (χ0) is 55.5. The molecule has 9 amide bonds. The number of aliphatic imine (C=N–C) groups is 2. The minimum absolute atomic E-state index is 0.0300. The van der Waals surface area contributed by atoms with Gasteiger partial charge in [0, 0.05) is 80.9 Å². The lowest BCUT2D eigenvalue weighted by atomic mass is 10.0. The molecule has 2 aliphatic heterocycles. The monoisotopic (exact) mass is 1080 g/mol. The third-order valence-electron chi connectivity index (χ3n) is 12.8. The van der Waals surface area contributed by atoms with Gasteiger partial charge in [-0.05, 0) is 68.2 Å². The molecule has 0 aliphatic carbocycles. The lowest BCUT2D eigenvalue weighted by Crippen LogP contribution is -2.60. The Morgan fingerprint density at radius 2 is 1.41 bits per heavy atom. The van der Waals surface area contributed by atoms with E-state index in [0.717, 1.165) is 15.8 Å². The molecule has 0 unspecified atom stereocenters. The number of aliphatic hydroxyl groups is 1. The van der Waals surface area contributed by atoms with Gasteiger partial charge in [0.2, 0.25) is 53.2 Å². The topological polar surface area (TPSA) is 432 Å². The molecule has 27 heteroatoms. The number of aliphatic hydroxyl groups excluding tert-OH is 1. The number of amides is 9. The van der Waals surface area contributed by atoms with Gasteiger partial charge < -0.3 is 80.9 Å². The van der Waals surface area contributed by atoms with Crippen molar-refractivity contribution in [3.8, 4) is 0 Å². The average molecular weight is 1080 g/mol. The molecule has 0 saturated carbocycles. The van der Waals surface area contributed by atoms with Crippen molar-refractivity contribution in [2.45, 2.75) is 126 Å². The minimum atomic E-state index is -1.51. The number of hydrogen-bond acceptors (Lipinski definition) is 12. The first-order chi connectivity index (χ1) is 36.2. The molecule has 3 heterocycles. The molecule has 76 heavy (non-hydrogen) atoms. The van der Waals surface area contributed by atoms with Crippen LogP contribution in [0.15, 0.2) is 64.7 Å². The fourth-order valence-electron chi connectivity index (χ4n) is 8.92. The van der Waals surface area contributed by atoms with Crippen molar-refractivity contribution in [3.63, 3.8) is 0 Å². The quantitative estimate of drug-likeness (QED) is 0.0382. The van der Waals surface area contributed by atoms with E-state index in [9.17, 15) is 48.3 Å². The number of halogens is 1. The molecule has 19 N–H and O–H groups in total. The molecular formula is C49H69ClN16O10. The summed E-state index contributed by atoms with van der Waals surface area (Å²) in [7, 11) is 0. The van der Waals surface area contributed by atoms with Crippen LogP contribution < -0.4 is 65.9 Å². The van der Waals surface area contributed by atoms with E-state index in [1.807, 2.05) is 18.2 Å². The number of primary amides is 1. The molecule has 26 nitrogen and oxygen atoms in total. The molecule has 2 aromatic carbocycles. The zero-order valence-corrected chi connectivity index (χ0v) is 42.9. The SMILES string of the molecule is CC(=O)N[C@@H](CCCN=C(N)N)C(=O)N[C@H]1CCC(=O)NCCC[C@@H](C(N)=O)NC(=O)[C@H](Cc2c[nH]c3ccccc23)NC(=O)[C@H](CCCN=C(N)N)NC(=O)[C@@H](Cc2ccccc2Cl)NC(=O)[C@@H]2C[C@@H](O)CN2C1=O. The minimum Gasteiger partial charge on any atom is -0.391 e. The van der Waals surface area contributed by atoms with Crippen molar-refractivity contribution >= 4 is 87.6 Å². The molecule has 2 fully saturated rings. The van der Waals surface area contributed by atoms with E-state index < -0.39 is 108 Å². The van der Waals surface area contributed by atoms with Crippen LogP contribution in [0.5, 0.6) is 0 Å². The highest BCUT2D eigenvalue weighted by Crippen LogP contribution is 2.23. The molecule has 0 spiro atoms. The number of nitrogens with two attached hydrogens (primary N) is 5. The summed E-state index contributed by atoms with van der Waals surface area (Å²) in [4.78, 5) is 137. The van der Waals surface area contributed by atoms with Crippen molar-refractivity contribution in [1.82, 2.24) is 47.1 Å². The number of hydrogen-bond donors (Lipinski definition) is 14. The highest BCUT2D eigenvalue weighted by Gasteiger charge is 2.43. The molecule has 0 radical (unpaired) electrons. The van der Waals surface area contributed by atoms with Crippen LogP contribution in [0, 0.1) is 0 Å². The first kappa shape index (κ1) is 58.9. The number of H-pyrrole nitrogens is 1. The number of carbonyl (C=O) groups excluding carboxylic acids is 9. The number of guanidine groups is 2. The fourth-order valence-corrected chi connectivity index (χ4v) is 9.13. The first-order valence-corrected chi connectivity index (χ1v) is 25.3. The smallest absolute Gasteiger partial charge is 0.245 e. The van der Waals surface area contributed by atoms with E-state index >= 15 is 0 Å². The number of benzene rings is 2. The number of aromatic nitrogens is 1. The molecular weight excluding hydrogens is 1010 g/mol. The summed E-state index contributed by atoms with van der Waals surface area (Å²) < 4.78 is 0. The van der Waals surface area contributed by atoms with Gasteiger partial charge in [-0.3, -0.25) is 53.1 Å². The van der Waals surface area contributed by atoms with Gasteiger partial charge in [-0.2, -0.15) is 0 Å². The maximum atomic E-state index is 14.7. The maximum Gasteiger partial charge on any atom is 0.245 e. The molecule has 8 atom stereocenters. The second-order valence-electron chi connectivity index (χ2n) is 18.6. The van der Waals surface area contributed by atoms with Gasteiger partial charge in [0.25, 0.3) is 0 Å². The maximum absolute atomic E-state index is 14.7. The van der Waals surface area contributed by atoms with Crippen LogP contribution in [0.25, 0.3) is 10.9 Å². The second-order valence-corrected chi connectivity index (χ2v) is 19.1. The third kappa shape index (κ3) is 17.8. The summed E-state index contributed by atoms with van der Waals surface area (Å²) in [5.74, 6) is -7.58. The Bertz CT molecular complexity index is 2640. The summed E-state index contributed by atoms with van der Waals surface area (Å²) in [6, 6.07) is 4.05. The van der Waals surface area contributed by atoms with E-state index in [1.165, 1.54) is 6.92 Å². The van der Waals surface area contributed by atoms with Crippen LogP contribution in [-0.4, -0.2) is 155 Å². The molecule has 1 aromatic heterocycles. The normalized spacial score (nSPS) is 22.8. The highest BCUT2D eigenvalue weighted by atomic mass is 35.5. The van der Waals surface area contributed by atoms with Crippen LogP contribution in [0.3, 0.4) is 0 Å². The average Bonchev–Trinajstić information content (AvgIpc) is 3.97. The van der Waals surface area contributed by atoms with Crippen molar-refractivity contribution in [2.75, 3.05) is 26.2 Å². The second kappa shape index (κ2) is 28.6. The van der Waals surface area contributed by atoms with Gasteiger partial charge in [-0.15, -0.1) is 0 Å². The van der Waals surface area contributed by atoms with Crippen molar-refractivity contribution in [2.24, 2.45) is 38.7 Å². The Hall–Kier alpha value is -8.00. The standard InChI is InChI=1S/C49H69ClN16O10/c1-26(67)60-34(14-7-19-57-48(52)53)42(71)63-36-16-17-40(69)56-18-6-13-33(41(51)70)61-44(73)38(22-28-24-59-32-12-5-3-10-30(28)32)64-43(72)35(15-8-20-58-49(54)55)62-45(74)37(21-27-9-2-4-11-31(27)50)65-46(75)39-23-29(68)25-66(39)47(36)76/h2-5,9-12,24,29,33-39,59,68H,6-8,13-23,25H2,1H3,(H2,51,70)(H,56,69)(H,60,67)(H,61,73)(H,62,74)(H,63,71)(H,64,72)(H,65,75)(H4,52,53,57)(H4,54,55,58)/t29-,33+,34+,35+,36+,37-,38+,39+/m1/s1. The van der Waals surface area contributed by atoms with E-state index in [-0.39, 0.29) is 107 Å². The molecule has 2 saturated heterocycles. The number of aromatic amines is 1. The number of nitrogens with zero attached hydrogens (tertiary/aromatic N) is 3. The van der Waals surface area contributed by atoms with Gasteiger partial charge in [0.1, 0.15) is 42.3 Å². The van der Waals surface area contributed by atoms with Crippen molar-refractivity contribution in [1.29, 1.82) is 0 Å². The van der Waals surface area contributed by atoms with Crippen LogP contribution in [-0.2, 0) is 56.0 Å². The molecule has 0 bridgehead atoms. The fraction of sp³-hybridized carbons (Fsp3) is 0.490.